The summed E-state index contributed by atoms with van der Waals surface area (Å²) in [7, 11) is 0. The number of aliphatic hydroxyl groups excluding tert-OH is 1. The number of carbonyl (C=O) groups excluding carboxylic acids is 1. The molecule has 5 heteroatoms. The Morgan fingerprint density at radius 2 is 1.96 bits per heavy atom. The molecule has 24 heavy (non-hydrogen) atoms. The van der Waals surface area contributed by atoms with Gasteiger partial charge in [0.05, 0.1) is 0 Å². The molecule has 0 saturated heterocycles. The van der Waals surface area contributed by atoms with Gasteiger partial charge < -0.3 is 10.4 Å². The molecule has 0 spiro atoms. The molecule has 0 aliphatic carbocycles. The third kappa shape index (κ3) is 5.95. The highest BCUT2D eigenvalue weighted by Gasteiger charge is 2.16. The smallest absolute Gasteiger partial charge is 0.223 e. The fourth-order valence-corrected chi connectivity index (χ4v) is 2.63. The summed E-state index contributed by atoms with van der Waals surface area (Å²) in [6.07, 6.45) is 3.03. The highest BCUT2D eigenvalue weighted by Crippen LogP contribution is 2.13. The van der Waals surface area contributed by atoms with Crippen LogP contribution < -0.4 is 5.32 Å². The van der Waals surface area contributed by atoms with Crippen molar-refractivity contribution in [3.63, 3.8) is 0 Å². The second-order valence-corrected chi connectivity index (χ2v) is 6.49. The van der Waals surface area contributed by atoms with Crippen LogP contribution in [0.3, 0.4) is 0 Å². The summed E-state index contributed by atoms with van der Waals surface area (Å²) >= 11 is 5.87. The number of nitrogens with one attached hydrogen (secondary N) is 1. The standard InChI is InChI=1S/C19H23ClN2O2/c1-14(10-15-5-7-17(20)8-6-15)19(24)22-12-16(13-23)11-18-4-2-3-9-21-18/h2-9,14,16,23H,10-13H2,1H3,(H,22,24). The maximum atomic E-state index is 12.3. The van der Waals surface area contributed by atoms with E-state index in [0.29, 0.717) is 24.4 Å². The van der Waals surface area contributed by atoms with Crippen molar-refractivity contribution in [2.24, 2.45) is 11.8 Å². The Kier molecular flexibility index (Phi) is 7.22. The molecule has 0 aliphatic heterocycles. The molecule has 0 radical (unpaired) electrons. The van der Waals surface area contributed by atoms with Crippen LogP contribution >= 0.6 is 11.6 Å². The molecule has 128 valence electrons. The number of aromatic nitrogens is 1. The average molecular weight is 347 g/mol. The molecule has 1 aromatic heterocycles. The first kappa shape index (κ1) is 18.4. The number of hydrogen-bond acceptors (Lipinski definition) is 3. The van der Waals surface area contributed by atoms with Crippen LogP contribution in [0, 0.1) is 11.8 Å². The zero-order valence-corrected chi connectivity index (χ0v) is 14.5. The van der Waals surface area contributed by atoms with E-state index >= 15 is 0 Å². The lowest BCUT2D eigenvalue weighted by Crippen LogP contribution is -2.36. The predicted octanol–water partition coefficient (Wildman–Crippen LogP) is 2.88. The molecule has 4 nitrogen and oxygen atoms in total. The van der Waals surface area contributed by atoms with Crippen molar-refractivity contribution < 1.29 is 9.90 Å². The van der Waals surface area contributed by atoms with E-state index in [4.69, 9.17) is 11.6 Å². The lowest BCUT2D eigenvalue weighted by molar-refractivity contribution is -0.124. The van der Waals surface area contributed by atoms with E-state index in [1.165, 1.54) is 0 Å². The van der Waals surface area contributed by atoms with Gasteiger partial charge in [-0.3, -0.25) is 9.78 Å². The van der Waals surface area contributed by atoms with Crippen LogP contribution in [0.2, 0.25) is 5.02 Å². The summed E-state index contributed by atoms with van der Waals surface area (Å²) in [5.74, 6) is -0.184. The zero-order chi connectivity index (χ0) is 17.4. The highest BCUT2D eigenvalue weighted by atomic mass is 35.5. The van der Waals surface area contributed by atoms with E-state index < -0.39 is 0 Å². The van der Waals surface area contributed by atoms with Crippen molar-refractivity contribution in [3.8, 4) is 0 Å². The van der Waals surface area contributed by atoms with Gasteiger partial charge in [0, 0.05) is 41.9 Å². The third-order valence-electron chi connectivity index (χ3n) is 3.95. The summed E-state index contributed by atoms with van der Waals surface area (Å²) < 4.78 is 0. The Balaban J connectivity index is 1.80. The maximum absolute atomic E-state index is 12.3. The third-order valence-corrected chi connectivity index (χ3v) is 4.20. The number of amides is 1. The van der Waals surface area contributed by atoms with Crippen molar-refractivity contribution in [1.29, 1.82) is 0 Å². The van der Waals surface area contributed by atoms with Crippen molar-refractivity contribution in [2.45, 2.75) is 19.8 Å². The molecule has 0 fully saturated rings. The lowest BCUT2D eigenvalue weighted by atomic mass is 9.99. The molecule has 0 saturated carbocycles. The number of hydrogen-bond donors (Lipinski definition) is 2. The molecule has 2 rings (SSSR count). The van der Waals surface area contributed by atoms with E-state index in [0.717, 1.165) is 11.3 Å². The van der Waals surface area contributed by atoms with E-state index in [2.05, 4.69) is 10.3 Å². The van der Waals surface area contributed by atoms with Crippen molar-refractivity contribution in [3.05, 3.63) is 64.9 Å². The minimum absolute atomic E-state index is 0.00980. The molecule has 2 N–H and O–H groups in total. The SMILES string of the molecule is CC(Cc1ccc(Cl)cc1)C(=O)NCC(CO)Cc1ccccn1. The van der Waals surface area contributed by atoms with E-state index in [1.807, 2.05) is 49.4 Å². The fraction of sp³-hybridized carbons (Fsp3) is 0.368. The van der Waals surface area contributed by atoms with Crippen molar-refractivity contribution >= 4 is 17.5 Å². The first-order valence-corrected chi connectivity index (χ1v) is 8.49. The Morgan fingerprint density at radius 3 is 2.58 bits per heavy atom. The Morgan fingerprint density at radius 1 is 1.21 bits per heavy atom. The number of carbonyl (C=O) groups is 1. The first-order chi connectivity index (χ1) is 11.6. The van der Waals surface area contributed by atoms with Gasteiger partial charge in [-0.2, -0.15) is 0 Å². The summed E-state index contributed by atoms with van der Waals surface area (Å²) in [5.41, 5.74) is 1.99. The molecule has 2 atom stereocenters. The molecule has 0 aliphatic rings. The normalized spacial score (nSPS) is 13.3. The number of halogens is 1. The lowest BCUT2D eigenvalue weighted by Gasteiger charge is -2.17. The van der Waals surface area contributed by atoms with Crippen molar-refractivity contribution in [2.75, 3.05) is 13.2 Å². The van der Waals surface area contributed by atoms with Gasteiger partial charge >= 0.3 is 0 Å². The van der Waals surface area contributed by atoms with E-state index in [9.17, 15) is 9.90 Å². The summed E-state index contributed by atoms with van der Waals surface area (Å²) in [5, 5.41) is 13.1. The first-order valence-electron chi connectivity index (χ1n) is 8.11. The predicted molar refractivity (Wildman–Crippen MR) is 95.8 cm³/mol. The molecule has 2 unspecified atom stereocenters. The van der Waals surface area contributed by atoms with Crippen LogP contribution in [0.15, 0.2) is 48.7 Å². The number of aliphatic hydroxyl groups is 1. The van der Waals surface area contributed by atoms with Gasteiger partial charge in [-0.15, -0.1) is 0 Å². The average Bonchev–Trinajstić information content (AvgIpc) is 2.61. The Bertz CT molecular complexity index is 632. The van der Waals surface area contributed by atoms with Gasteiger partial charge in [-0.1, -0.05) is 36.7 Å². The van der Waals surface area contributed by atoms with Crippen LogP contribution in [0.4, 0.5) is 0 Å². The summed E-state index contributed by atoms with van der Waals surface area (Å²) in [6.45, 7) is 2.36. The van der Waals surface area contributed by atoms with Gasteiger partial charge in [0.25, 0.3) is 0 Å². The minimum atomic E-state index is -0.139. The summed E-state index contributed by atoms with van der Waals surface area (Å²) in [4.78, 5) is 16.5. The second kappa shape index (κ2) is 9.40. The molecule has 1 heterocycles. The molecule has 0 bridgehead atoms. The van der Waals surface area contributed by atoms with E-state index in [1.54, 1.807) is 6.20 Å². The number of benzene rings is 1. The second-order valence-electron chi connectivity index (χ2n) is 6.05. The number of pyridine rings is 1. The zero-order valence-electron chi connectivity index (χ0n) is 13.8. The largest absolute Gasteiger partial charge is 0.396 e. The molecule has 1 aromatic carbocycles. The molecular formula is C19H23ClN2O2. The molecular weight excluding hydrogens is 324 g/mol. The van der Waals surface area contributed by atoms with Crippen LogP contribution in [-0.4, -0.2) is 29.1 Å². The van der Waals surface area contributed by atoms with Crippen LogP contribution in [0.5, 0.6) is 0 Å². The Labute approximate surface area is 147 Å². The van der Waals surface area contributed by atoms with Gasteiger partial charge in [-0.25, -0.2) is 0 Å². The summed E-state index contributed by atoms with van der Waals surface area (Å²) in [6, 6.07) is 13.2. The number of rotatable bonds is 8. The van der Waals surface area contributed by atoms with Crippen LogP contribution in [0.1, 0.15) is 18.2 Å². The fourth-order valence-electron chi connectivity index (χ4n) is 2.50. The van der Waals surface area contributed by atoms with Gasteiger partial charge in [-0.05, 0) is 42.7 Å². The monoisotopic (exact) mass is 346 g/mol. The topological polar surface area (TPSA) is 62.2 Å². The number of nitrogens with zero attached hydrogens (tertiary/aromatic N) is 1. The van der Waals surface area contributed by atoms with Gasteiger partial charge in [0.1, 0.15) is 0 Å². The van der Waals surface area contributed by atoms with Crippen molar-refractivity contribution in [1.82, 2.24) is 10.3 Å². The molecule has 1 amide bonds. The quantitative estimate of drug-likeness (QED) is 0.772. The minimum Gasteiger partial charge on any atom is -0.396 e. The van der Waals surface area contributed by atoms with Crippen LogP contribution in [0.25, 0.3) is 0 Å². The Hall–Kier alpha value is -1.91. The maximum Gasteiger partial charge on any atom is 0.223 e. The van der Waals surface area contributed by atoms with Gasteiger partial charge in [0.2, 0.25) is 5.91 Å². The van der Waals surface area contributed by atoms with Gasteiger partial charge in [0.15, 0.2) is 0 Å². The molecule has 2 aromatic rings. The highest BCUT2D eigenvalue weighted by molar-refractivity contribution is 6.30. The van der Waals surface area contributed by atoms with Crippen LogP contribution in [-0.2, 0) is 17.6 Å². The van der Waals surface area contributed by atoms with E-state index in [-0.39, 0.29) is 24.3 Å².